The Hall–Kier alpha value is -1.73. The molecule has 0 aliphatic carbocycles. The summed E-state index contributed by atoms with van der Waals surface area (Å²) in [5, 5.41) is 10.7. The van der Waals surface area contributed by atoms with Crippen molar-refractivity contribution in [2.45, 2.75) is 58.6 Å². The Morgan fingerprint density at radius 3 is 2.36 bits per heavy atom. The van der Waals surface area contributed by atoms with E-state index in [0.717, 1.165) is 36.6 Å². The number of aryl methyl sites for hydroxylation is 1. The third-order valence-electron chi connectivity index (χ3n) is 6.74. The van der Waals surface area contributed by atoms with Gasteiger partial charge in [-0.05, 0) is 53.1 Å². The lowest BCUT2D eigenvalue weighted by atomic mass is 9.81. The quantitative estimate of drug-likeness (QED) is 0.847. The number of piperidine rings is 1. The molecule has 1 aromatic rings. The number of likely N-dealkylation sites (N-methyl/N-ethyl adjacent to an activating group) is 1. The summed E-state index contributed by atoms with van der Waals surface area (Å²) in [7, 11) is 4.21. The molecule has 2 saturated heterocycles. The Morgan fingerprint density at radius 2 is 1.82 bits per heavy atom. The number of likely N-dealkylation sites (tertiary alicyclic amines) is 1. The van der Waals surface area contributed by atoms with Gasteiger partial charge in [0.05, 0.1) is 5.60 Å². The first kappa shape index (κ1) is 21.0. The monoisotopic (exact) mass is 389 g/mol. The van der Waals surface area contributed by atoms with E-state index < -0.39 is 5.60 Å². The molecule has 7 nitrogen and oxygen atoms in total. The van der Waals surface area contributed by atoms with Crippen LogP contribution in [0.1, 0.15) is 55.0 Å². The number of aliphatic hydroxyl groups is 1. The van der Waals surface area contributed by atoms with Crippen LogP contribution in [0.3, 0.4) is 0 Å². The van der Waals surface area contributed by atoms with E-state index in [1.807, 2.05) is 27.7 Å². The molecule has 0 spiro atoms. The average Bonchev–Trinajstić information content (AvgIpc) is 3.14. The first-order valence-electron chi connectivity index (χ1n) is 10.4. The second-order valence-electron chi connectivity index (χ2n) is 8.98. The predicted molar refractivity (Wildman–Crippen MR) is 111 cm³/mol. The van der Waals surface area contributed by atoms with E-state index in [1.54, 1.807) is 4.90 Å². The molecule has 156 valence electrons. The average molecular weight is 390 g/mol. The minimum Gasteiger partial charge on any atom is -0.389 e. The normalized spacial score (nSPS) is 22.4. The lowest BCUT2D eigenvalue weighted by molar-refractivity contribution is -0.0513. The number of carbonyl (C=O) groups is 1. The maximum atomic E-state index is 13.1. The summed E-state index contributed by atoms with van der Waals surface area (Å²) in [6, 6.07) is 0.504. The van der Waals surface area contributed by atoms with Crippen LogP contribution in [0.25, 0.3) is 0 Å². The van der Waals surface area contributed by atoms with E-state index >= 15 is 0 Å². The number of hydrogen-bond donors (Lipinski definition) is 1. The van der Waals surface area contributed by atoms with Gasteiger partial charge in [-0.1, -0.05) is 13.8 Å². The Bertz CT molecular complexity index is 726. The van der Waals surface area contributed by atoms with Crippen molar-refractivity contribution in [3.05, 3.63) is 17.1 Å². The van der Waals surface area contributed by atoms with Crippen LogP contribution in [0.2, 0.25) is 0 Å². The van der Waals surface area contributed by atoms with Crippen LogP contribution in [0.5, 0.6) is 0 Å². The van der Waals surface area contributed by atoms with Crippen molar-refractivity contribution in [1.82, 2.24) is 19.8 Å². The molecule has 1 N–H and O–H groups in total. The molecular weight excluding hydrogens is 354 g/mol. The van der Waals surface area contributed by atoms with Crippen molar-refractivity contribution in [1.29, 1.82) is 0 Å². The molecule has 3 heterocycles. The van der Waals surface area contributed by atoms with Crippen molar-refractivity contribution >= 4 is 11.7 Å². The number of hydrogen-bond acceptors (Lipinski definition) is 6. The summed E-state index contributed by atoms with van der Waals surface area (Å²) >= 11 is 0. The number of nitrogens with zero attached hydrogens (tertiary/aromatic N) is 5. The lowest BCUT2D eigenvalue weighted by Crippen LogP contribution is -2.49. The van der Waals surface area contributed by atoms with Crippen molar-refractivity contribution in [2.75, 3.05) is 45.2 Å². The zero-order chi connectivity index (χ0) is 20.6. The second kappa shape index (κ2) is 7.95. The summed E-state index contributed by atoms with van der Waals surface area (Å²) in [5.41, 5.74) is 1.23. The van der Waals surface area contributed by atoms with E-state index in [-0.39, 0.29) is 17.6 Å². The molecular formula is C21H35N5O2. The van der Waals surface area contributed by atoms with Crippen LogP contribution in [0, 0.1) is 19.8 Å². The first-order chi connectivity index (χ1) is 13.1. The van der Waals surface area contributed by atoms with E-state index in [1.165, 1.54) is 0 Å². The van der Waals surface area contributed by atoms with Gasteiger partial charge in [0.1, 0.15) is 5.82 Å². The van der Waals surface area contributed by atoms with Crippen molar-refractivity contribution in [3.8, 4) is 0 Å². The van der Waals surface area contributed by atoms with Gasteiger partial charge in [0.15, 0.2) is 0 Å². The van der Waals surface area contributed by atoms with Gasteiger partial charge >= 0.3 is 0 Å². The van der Waals surface area contributed by atoms with E-state index in [4.69, 9.17) is 4.98 Å². The second-order valence-corrected chi connectivity index (χ2v) is 8.98. The molecule has 3 rings (SSSR count). The van der Waals surface area contributed by atoms with Crippen LogP contribution in [-0.4, -0.2) is 82.7 Å². The largest absolute Gasteiger partial charge is 0.389 e. The van der Waals surface area contributed by atoms with Gasteiger partial charge in [-0.3, -0.25) is 4.79 Å². The number of aromatic nitrogens is 2. The minimum absolute atomic E-state index is 0.126. The van der Waals surface area contributed by atoms with Gasteiger partial charge in [0.25, 0.3) is 5.91 Å². The summed E-state index contributed by atoms with van der Waals surface area (Å²) in [6.45, 7) is 11.0. The molecule has 0 unspecified atom stereocenters. The van der Waals surface area contributed by atoms with Crippen molar-refractivity contribution in [3.63, 3.8) is 0 Å². The fourth-order valence-corrected chi connectivity index (χ4v) is 4.19. The fourth-order valence-electron chi connectivity index (χ4n) is 4.19. The third kappa shape index (κ3) is 4.01. The summed E-state index contributed by atoms with van der Waals surface area (Å²) < 4.78 is 0. The van der Waals surface area contributed by atoms with E-state index in [0.29, 0.717) is 32.0 Å². The molecule has 2 fully saturated rings. The summed E-state index contributed by atoms with van der Waals surface area (Å²) in [4.78, 5) is 28.6. The zero-order valence-electron chi connectivity index (χ0n) is 18.2. The smallest absolute Gasteiger partial charge is 0.291 e. The topological polar surface area (TPSA) is 72.8 Å². The van der Waals surface area contributed by atoms with Gasteiger partial charge < -0.3 is 19.8 Å². The molecule has 2 aliphatic heterocycles. The Morgan fingerprint density at radius 1 is 1.18 bits per heavy atom. The summed E-state index contributed by atoms with van der Waals surface area (Å²) in [5.74, 6) is 1.23. The maximum Gasteiger partial charge on any atom is 0.291 e. The molecule has 1 amide bonds. The highest BCUT2D eigenvalue weighted by atomic mass is 16.3. The standard InChI is InChI=1S/C21H35N5O2/c1-14(2)21(28)8-11-25(12-9-21)20(27)18-22-16(4)15(3)19(23-18)26-10-7-17(13-26)24(5)6/h14,17,28H,7-13H2,1-6H3/t17-/m1/s1. The summed E-state index contributed by atoms with van der Waals surface area (Å²) in [6.07, 6.45) is 2.30. The number of amides is 1. The van der Waals surface area contributed by atoms with Crippen LogP contribution < -0.4 is 4.90 Å². The molecule has 1 aromatic heterocycles. The van der Waals surface area contributed by atoms with E-state index in [2.05, 4.69) is 28.9 Å². The van der Waals surface area contributed by atoms with Crippen molar-refractivity contribution in [2.24, 2.45) is 5.92 Å². The lowest BCUT2D eigenvalue weighted by Gasteiger charge is -2.40. The van der Waals surface area contributed by atoms with Gasteiger partial charge in [0.2, 0.25) is 5.82 Å². The number of carbonyl (C=O) groups excluding carboxylic acids is 1. The fraction of sp³-hybridized carbons (Fsp3) is 0.762. The first-order valence-corrected chi connectivity index (χ1v) is 10.4. The van der Waals surface area contributed by atoms with Gasteiger partial charge in [-0.15, -0.1) is 0 Å². The van der Waals surface area contributed by atoms with Crippen LogP contribution in [0.4, 0.5) is 5.82 Å². The molecule has 0 bridgehead atoms. The third-order valence-corrected chi connectivity index (χ3v) is 6.74. The van der Waals surface area contributed by atoms with Crippen molar-refractivity contribution < 1.29 is 9.90 Å². The molecule has 0 radical (unpaired) electrons. The Labute approximate surface area is 168 Å². The molecule has 0 saturated carbocycles. The maximum absolute atomic E-state index is 13.1. The Kier molecular flexibility index (Phi) is 5.96. The van der Waals surface area contributed by atoms with Crippen LogP contribution >= 0.6 is 0 Å². The molecule has 7 heteroatoms. The highest BCUT2D eigenvalue weighted by Gasteiger charge is 2.37. The predicted octanol–water partition coefficient (Wildman–Crippen LogP) is 1.86. The molecule has 1 atom stereocenters. The minimum atomic E-state index is -0.678. The molecule has 2 aliphatic rings. The van der Waals surface area contributed by atoms with E-state index in [9.17, 15) is 9.90 Å². The Balaban J connectivity index is 1.78. The number of rotatable bonds is 4. The van der Waals surface area contributed by atoms with Crippen LogP contribution in [-0.2, 0) is 0 Å². The molecule has 28 heavy (non-hydrogen) atoms. The van der Waals surface area contributed by atoms with Crippen LogP contribution in [0.15, 0.2) is 0 Å². The number of anilines is 1. The zero-order valence-corrected chi connectivity index (χ0v) is 18.2. The highest BCUT2D eigenvalue weighted by Crippen LogP contribution is 2.30. The van der Waals surface area contributed by atoms with Gasteiger partial charge in [-0.25, -0.2) is 9.97 Å². The highest BCUT2D eigenvalue weighted by molar-refractivity contribution is 5.91. The SMILES string of the molecule is Cc1nc(C(=O)N2CCC(O)(C(C)C)CC2)nc(N2CC[C@@H](N(C)C)C2)c1C. The van der Waals surface area contributed by atoms with Gasteiger partial charge in [-0.2, -0.15) is 0 Å². The molecule has 0 aromatic carbocycles. The van der Waals surface area contributed by atoms with Gasteiger partial charge in [0, 0.05) is 43.5 Å².